The Kier molecular flexibility index (Phi) is 5.02. The number of rotatable bonds is 6. The molecule has 2 heterocycles. The van der Waals surface area contributed by atoms with E-state index in [-0.39, 0.29) is 11.8 Å². The first kappa shape index (κ1) is 18.4. The molecule has 3 N–H and O–H groups in total. The first-order valence-corrected chi connectivity index (χ1v) is 8.66. The summed E-state index contributed by atoms with van der Waals surface area (Å²) in [4.78, 5) is 8.23. The van der Waals surface area contributed by atoms with E-state index in [0.717, 1.165) is 11.9 Å². The van der Waals surface area contributed by atoms with Crippen LogP contribution < -0.4 is 30.2 Å². The quantitative estimate of drug-likeness (QED) is 0.566. The van der Waals surface area contributed by atoms with Crippen LogP contribution in [0.15, 0.2) is 55.1 Å². The number of fused-ring (bicyclic) bond motifs is 1. The standard InChI is InChI=1S/C20H18FN5O3/c1-27-14-7-13(8-15(10-14)28-2)25-20-23-11-16(21)19(26-20)24-12-3-4-18-17(9-12)22-5-6-29-18/h3-11,22H,1-2H3,(H2,23,24,25,26). The molecule has 29 heavy (non-hydrogen) atoms. The third-order valence-electron chi connectivity index (χ3n) is 4.10. The van der Waals surface area contributed by atoms with Gasteiger partial charge in [-0.2, -0.15) is 4.98 Å². The van der Waals surface area contributed by atoms with Gasteiger partial charge in [0.25, 0.3) is 0 Å². The summed E-state index contributed by atoms with van der Waals surface area (Å²) in [7, 11) is 3.12. The van der Waals surface area contributed by atoms with Crippen molar-refractivity contribution in [1.29, 1.82) is 0 Å². The molecule has 0 saturated carbocycles. The summed E-state index contributed by atoms with van der Waals surface area (Å²) in [6, 6.07) is 10.6. The number of nitrogens with zero attached hydrogens (tertiary/aromatic N) is 2. The first-order valence-electron chi connectivity index (χ1n) is 8.66. The summed E-state index contributed by atoms with van der Waals surface area (Å²) < 4.78 is 30.1. The average Bonchev–Trinajstić information content (AvgIpc) is 2.75. The van der Waals surface area contributed by atoms with Crippen molar-refractivity contribution >= 4 is 28.8 Å². The van der Waals surface area contributed by atoms with Gasteiger partial charge in [-0.1, -0.05) is 0 Å². The maximum absolute atomic E-state index is 14.3. The van der Waals surface area contributed by atoms with E-state index in [1.54, 1.807) is 63.1 Å². The Morgan fingerprint density at radius 2 is 1.79 bits per heavy atom. The van der Waals surface area contributed by atoms with Crippen LogP contribution in [0.2, 0.25) is 0 Å². The van der Waals surface area contributed by atoms with Crippen LogP contribution in [-0.4, -0.2) is 24.2 Å². The molecule has 0 amide bonds. The topological polar surface area (TPSA) is 89.6 Å². The van der Waals surface area contributed by atoms with Gasteiger partial charge in [-0.3, -0.25) is 0 Å². The summed E-state index contributed by atoms with van der Waals surface area (Å²) >= 11 is 0. The van der Waals surface area contributed by atoms with Crippen molar-refractivity contribution in [1.82, 2.24) is 9.97 Å². The predicted octanol–water partition coefficient (Wildman–Crippen LogP) is 4.40. The lowest BCUT2D eigenvalue weighted by atomic mass is 10.2. The van der Waals surface area contributed by atoms with Crippen molar-refractivity contribution in [3.8, 4) is 17.2 Å². The molecule has 0 atom stereocenters. The fourth-order valence-electron chi connectivity index (χ4n) is 2.71. The van der Waals surface area contributed by atoms with Gasteiger partial charge in [0.15, 0.2) is 11.6 Å². The summed E-state index contributed by atoms with van der Waals surface area (Å²) in [6.45, 7) is 0. The summed E-state index contributed by atoms with van der Waals surface area (Å²) in [5.74, 6) is 1.54. The third kappa shape index (κ3) is 4.13. The molecule has 1 aliphatic heterocycles. The fourth-order valence-corrected chi connectivity index (χ4v) is 2.71. The maximum atomic E-state index is 14.3. The van der Waals surface area contributed by atoms with Gasteiger partial charge in [0.1, 0.15) is 23.5 Å². The van der Waals surface area contributed by atoms with Crippen molar-refractivity contribution in [2.45, 2.75) is 0 Å². The minimum atomic E-state index is -0.583. The number of benzene rings is 2. The van der Waals surface area contributed by atoms with Gasteiger partial charge < -0.3 is 30.2 Å². The van der Waals surface area contributed by atoms with E-state index in [1.807, 2.05) is 0 Å². The van der Waals surface area contributed by atoms with Crippen molar-refractivity contribution in [3.63, 3.8) is 0 Å². The molecule has 3 aromatic rings. The van der Waals surface area contributed by atoms with Crippen LogP contribution in [0.1, 0.15) is 0 Å². The minimum Gasteiger partial charge on any atom is -0.497 e. The second-order valence-corrected chi connectivity index (χ2v) is 6.02. The lowest BCUT2D eigenvalue weighted by molar-refractivity contribution is 0.395. The smallest absolute Gasteiger partial charge is 0.229 e. The zero-order valence-electron chi connectivity index (χ0n) is 15.7. The van der Waals surface area contributed by atoms with Crippen LogP contribution in [-0.2, 0) is 0 Å². The molecule has 4 rings (SSSR count). The number of anilines is 5. The van der Waals surface area contributed by atoms with Gasteiger partial charge in [0.2, 0.25) is 5.95 Å². The van der Waals surface area contributed by atoms with E-state index in [9.17, 15) is 4.39 Å². The number of nitrogens with one attached hydrogen (secondary N) is 3. The highest BCUT2D eigenvalue weighted by atomic mass is 19.1. The second kappa shape index (κ2) is 7.93. The summed E-state index contributed by atoms with van der Waals surface area (Å²) in [5, 5.41) is 9.05. The molecule has 0 radical (unpaired) electrons. The highest BCUT2D eigenvalue weighted by Crippen LogP contribution is 2.32. The molecule has 8 nitrogen and oxygen atoms in total. The second-order valence-electron chi connectivity index (χ2n) is 6.02. The molecule has 0 saturated heterocycles. The Morgan fingerprint density at radius 3 is 2.55 bits per heavy atom. The molecule has 0 spiro atoms. The van der Waals surface area contributed by atoms with E-state index < -0.39 is 5.82 Å². The average molecular weight is 395 g/mol. The SMILES string of the molecule is COc1cc(Nc2ncc(F)c(Nc3ccc4c(c3)NC=CO4)n2)cc(OC)c1. The highest BCUT2D eigenvalue weighted by Gasteiger charge is 2.12. The molecule has 0 aliphatic carbocycles. The molecule has 0 unspecified atom stereocenters. The molecule has 0 bridgehead atoms. The zero-order chi connectivity index (χ0) is 20.2. The Balaban J connectivity index is 1.57. The molecule has 1 aromatic heterocycles. The van der Waals surface area contributed by atoms with Gasteiger partial charge in [-0.15, -0.1) is 0 Å². The minimum absolute atomic E-state index is 0.0320. The molecule has 9 heteroatoms. The van der Waals surface area contributed by atoms with Crippen LogP contribution in [0.4, 0.5) is 33.2 Å². The van der Waals surface area contributed by atoms with Crippen molar-refractivity contribution < 1.29 is 18.6 Å². The van der Waals surface area contributed by atoms with Gasteiger partial charge in [0, 0.05) is 35.8 Å². The number of ether oxygens (including phenoxy) is 3. The van der Waals surface area contributed by atoms with E-state index in [2.05, 4.69) is 25.9 Å². The molecule has 1 aliphatic rings. The summed E-state index contributed by atoms with van der Waals surface area (Å²) in [6.07, 6.45) is 4.31. The number of aromatic nitrogens is 2. The van der Waals surface area contributed by atoms with E-state index in [1.165, 1.54) is 0 Å². The van der Waals surface area contributed by atoms with E-state index >= 15 is 0 Å². The number of hydrogen-bond donors (Lipinski definition) is 3. The monoisotopic (exact) mass is 395 g/mol. The van der Waals surface area contributed by atoms with Crippen LogP contribution in [0, 0.1) is 5.82 Å². The largest absolute Gasteiger partial charge is 0.497 e. The predicted molar refractivity (Wildman–Crippen MR) is 108 cm³/mol. The third-order valence-corrected chi connectivity index (χ3v) is 4.10. The Bertz CT molecular complexity index is 1050. The Morgan fingerprint density at radius 1 is 1.00 bits per heavy atom. The van der Waals surface area contributed by atoms with Crippen LogP contribution in [0.3, 0.4) is 0 Å². The number of methoxy groups -OCH3 is 2. The van der Waals surface area contributed by atoms with E-state index in [0.29, 0.717) is 28.6 Å². The van der Waals surface area contributed by atoms with Crippen LogP contribution >= 0.6 is 0 Å². The van der Waals surface area contributed by atoms with Crippen molar-refractivity contribution in [2.24, 2.45) is 0 Å². The van der Waals surface area contributed by atoms with Gasteiger partial charge in [-0.05, 0) is 18.2 Å². The summed E-state index contributed by atoms with van der Waals surface area (Å²) in [5.41, 5.74) is 2.04. The number of halogens is 1. The van der Waals surface area contributed by atoms with Gasteiger partial charge in [-0.25, -0.2) is 9.37 Å². The molecule has 0 fully saturated rings. The Hall–Kier alpha value is -4.01. The first-order chi connectivity index (χ1) is 14.1. The molecule has 148 valence electrons. The van der Waals surface area contributed by atoms with Crippen LogP contribution in [0.25, 0.3) is 0 Å². The molecule has 2 aromatic carbocycles. The van der Waals surface area contributed by atoms with Gasteiger partial charge >= 0.3 is 0 Å². The number of hydrogen-bond acceptors (Lipinski definition) is 8. The van der Waals surface area contributed by atoms with E-state index in [4.69, 9.17) is 14.2 Å². The van der Waals surface area contributed by atoms with Crippen LogP contribution in [0.5, 0.6) is 17.2 Å². The van der Waals surface area contributed by atoms with Gasteiger partial charge in [0.05, 0.1) is 26.1 Å². The zero-order valence-corrected chi connectivity index (χ0v) is 15.7. The van der Waals surface area contributed by atoms with Crippen molar-refractivity contribution in [2.75, 3.05) is 30.2 Å². The lowest BCUT2D eigenvalue weighted by Gasteiger charge is -2.15. The Labute approximate surface area is 166 Å². The van der Waals surface area contributed by atoms with Crippen molar-refractivity contribution in [3.05, 3.63) is 60.9 Å². The molecular weight excluding hydrogens is 377 g/mol. The lowest BCUT2D eigenvalue weighted by Crippen LogP contribution is -2.04. The normalized spacial score (nSPS) is 11.7. The fraction of sp³-hybridized carbons (Fsp3) is 0.100. The maximum Gasteiger partial charge on any atom is 0.229 e. The highest BCUT2D eigenvalue weighted by molar-refractivity contribution is 5.70. The molecular formula is C20H18FN5O3.